The first-order valence-electron chi connectivity index (χ1n) is 6.14. The maximum atomic E-state index is 12.0. The number of imidazole rings is 1. The van der Waals surface area contributed by atoms with Crippen LogP contribution in [0.15, 0.2) is 36.7 Å². The number of carbonyl (C=O) groups excluding carboxylic acids is 1. The Hall–Kier alpha value is -1.75. The molecule has 0 atom stereocenters. The molecule has 19 heavy (non-hydrogen) atoms. The summed E-state index contributed by atoms with van der Waals surface area (Å²) in [5, 5.41) is 2.90. The van der Waals surface area contributed by atoms with Crippen LogP contribution in [0, 0.1) is 0 Å². The normalized spacial score (nSPS) is 10.4. The Morgan fingerprint density at radius 3 is 3.11 bits per heavy atom. The number of thioether (sulfide) groups is 1. The Balaban J connectivity index is 1.87. The number of amides is 1. The number of benzene rings is 1. The zero-order chi connectivity index (χ0) is 13.5. The minimum absolute atomic E-state index is 0.0329. The lowest BCUT2D eigenvalue weighted by Crippen LogP contribution is -2.26. The van der Waals surface area contributed by atoms with Crippen molar-refractivity contribution in [2.45, 2.75) is 12.2 Å². The van der Waals surface area contributed by atoms with E-state index in [9.17, 15) is 4.79 Å². The van der Waals surface area contributed by atoms with Crippen molar-refractivity contribution in [1.82, 2.24) is 15.3 Å². The summed E-state index contributed by atoms with van der Waals surface area (Å²) < 4.78 is 0. The Morgan fingerprint density at radius 1 is 1.47 bits per heavy atom. The first-order valence-corrected chi connectivity index (χ1v) is 7.53. The predicted octanol–water partition coefficient (Wildman–Crippen LogP) is 2.25. The second-order valence-electron chi connectivity index (χ2n) is 4.18. The fraction of sp³-hybridized carbons (Fsp3) is 0.286. The van der Waals surface area contributed by atoms with Crippen LogP contribution in [0.25, 0.3) is 0 Å². The molecule has 0 radical (unpaired) electrons. The summed E-state index contributed by atoms with van der Waals surface area (Å²) in [6.45, 7) is 0.582. The maximum absolute atomic E-state index is 12.0. The fourth-order valence-electron chi connectivity index (χ4n) is 1.80. The molecule has 0 spiro atoms. The second kappa shape index (κ2) is 6.99. The highest BCUT2D eigenvalue weighted by molar-refractivity contribution is 7.97. The lowest BCUT2D eigenvalue weighted by molar-refractivity contribution is 0.0954. The van der Waals surface area contributed by atoms with Crippen molar-refractivity contribution in [2.24, 2.45) is 0 Å². The average Bonchev–Trinajstić information content (AvgIpc) is 2.92. The van der Waals surface area contributed by atoms with E-state index in [2.05, 4.69) is 21.5 Å². The molecule has 1 heterocycles. The van der Waals surface area contributed by atoms with Gasteiger partial charge in [0.25, 0.3) is 5.91 Å². The van der Waals surface area contributed by atoms with Gasteiger partial charge in [-0.25, -0.2) is 4.98 Å². The highest BCUT2D eigenvalue weighted by Gasteiger charge is 2.05. The molecule has 0 saturated heterocycles. The minimum Gasteiger partial charge on any atom is -0.352 e. The lowest BCUT2D eigenvalue weighted by Gasteiger charge is -2.06. The Bertz CT molecular complexity index is 525. The molecule has 2 aromatic rings. The molecular formula is C14H17N3OS. The number of nitrogens with one attached hydrogen (secondary N) is 2. The third kappa shape index (κ3) is 4.13. The third-order valence-electron chi connectivity index (χ3n) is 2.70. The van der Waals surface area contributed by atoms with Gasteiger partial charge in [-0.15, -0.1) is 0 Å². The zero-order valence-corrected chi connectivity index (χ0v) is 11.7. The van der Waals surface area contributed by atoms with E-state index in [0.717, 1.165) is 11.6 Å². The Kier molecular flexibility index (Phi) is 5.03. The first kappa shape index (κ1) is 13.7. The van der Waals surface area contributed by atoms with E-state index in [4.69, 9.17) is 0 Å². The van der Waals surface area contributed by atoms with Crippen molar-refractivity contribution in [2.75, 3.05) is 12.8 Å². The molecular weight excluding hydrogens is 258 g/mol. The maximum Gasteiger partial charge on any atom is 0.251 e. The van der Waals surface area contributed by atoms with Gasteiger partial charge >= 0.3 is 0 Å². The molecule has 4 nitrogen and oxygen atoms in total. The Morgan fingerprint density at radius 2 is 2.37 bits per heavy atom. The summed E-state index contributed by atoms with van der Waals surface area (Å²) in [4.78, 5) is 19.1. The molecule has 1 amide bonds. The number of aromatic nitrogens is 2. The number of nitrogens with zero attached hydrogens (tertiary/aromatic N) is 1. The van der Waals surface area contributed by atoms with Crippen LogP contribution in [0.1, 0.15) is 21.7 Å². The largest absolute Gasteiger partial charge is 0.352 e. The van der Waals surface area contributed by atoms with Gasteiger partial charge in [-0.1, -0.05) is 12.1 Å². The molecule has 0 fully saturated rings. The van der Waals surface area contributed by atoms with E-state index in [1.54, 1.807) is 24.2 Å². The van der Waals surface area contributed by atoms with Gasteiger partial charge in [0.2, 0.25) is 0 Å². The number of aromatic amines is 1. The van der Waals surface area contributed by atoms with Crippen LogP contribution in [-0.4, -0.2) is 28.7 Å². The topological polar surface area (TPSA) is 57.8 Å². The number of H-pyrrole nitrogens is 1. The SMILES string of the molecule is CSCc1cccc(C(=O)NCCc2ncc[nH]2)c1. The van der Waals surface area contributed by atoms with Crippen molar-refractivity contribution in [3.05, 3.63) is 53.6 Å². The monoisotopic (exact) mass is 275 g/mol. The third-order valence-corrected chi connectivity index (χ3v) is 3.32. The lowest BCUT2D eigenvalue weighted by atomic mass is 10.1. The minimum atomic E-state index is -0.0329. The standard InChI is InChI=1S/C14H17N3OS/c1-19-10-11-3-2-4-12(9-11)14(18)17-6-5-13-15-7-8-16-13/h2-4,7-9H,5-6,10H2,1H3,(H,15,16)(H,17,18). The smallest absolute Gasteiger partial charge is 0.251 e. The highest BCUT2D eigenvalue weighted by atomic mass is 32.2. The number of hydrogen-bond donors (Lipinski definition) is 2. The molecule has 0 aliphatic rings. The Labute approximate surface area is 117 Å². The summed E-state index contributed by atoms with van der Waals surface area (Å²) in [5.74, 6) is 1.78. The molecule has 1 aromatic heterocycles. The van der Waals surface area contributed by atoms with E-state index < -0.39 is 0 Å². The summed E-state index contributed by atoms with van der Waals surface area (Å²) in [5.41, 5.74) is 1.89. The van der Waals surface area contributed by atoms with Crippen molar-refractivity contribution < 1.29 is 4.79 Å². The number of hydrogen-bond acceptors (Lipinski definition) is 3. The first-order chi connectivity index (χ1) is 9.29. The summed E-state index contributed by atoms with van der Waals surface area (Å²) in [6, 6.07) is 7.74. The molecule has 2 N–H and O–H groups in total. The van der Waals surface area contributed by atoms with Gasteiger partial charge in [0.15, 0.2) is 0 Å². The van der Waals surface area contributed by atoms with E-state index in [-0.39, 0.29) is 5.91 Å². The van der Waals surface area contributed by atoms with Crippen molar-refractivity contribution in [3.8, 4) is 0 Å². The molecule has 100 valence electrons. The molecule has 0 unspecified atom stereocenters. The van der Waals surface area contributed by atoms with Gasteiger partial charge in [0, 0.05) is 36.7 Å². The zero-order valence-electron chi connectivity index (χ0n) is 10.8. The van der Waals surface area contributed by atoms with E-state index in [1.807, 2.05) is 24.3 Å². The van der Waals surface area contributed by atoms with E-state index in [0.29, 0.717) is 18.5 Å². The van der Waals surface area contributed by atoms with Crippen LogP contribution in [0.5, 0.6) is 0 Å². The number of carbonyl (C=O) groups is 1. The molecule has 1 aromatic carbocycles. The van der Waals surface area contributed by atoms with Crippen molar-refractivity contribution in [1.29, 1.82) is 0 Å². The summed E-state index contributed by atoms with van der Waals surface area (Å²) in [6.07, 6.45) is 6.26. The van der Waals surface area contributed by atoms with Crippen LogP contribution in [-0.2, 0) is 12.2 Å². The van der Waals surface area contributed by atoms with Gasteiger partial charge in [0.1, 0.15) is 5.82 Å². The van der Waals surface area contributed by atoms with Gasteiger partial charge in [0.05, 0.1) is 0 Å². The van der Waals surface area contributed by atoms with Crippen LogP contribution < -0.4 is 5.32 Å². The van der Waals surface area contributed by atoms with Gasteiger partial charge < -0.3 is 10.3 Å². The molecule has 5 heteroatoms. The van der Waals surface area contributed by atoms with Gasteiger partial charge in [-0.3, -0.25) is 4.79 Å². The molecule has 0 saturated carbocycles. The predicted molar refractivity (Wildman–Crippen MR) is 78.3 cm³/mol. The molecule has 2 rings (SSSR count). The van der Waals surface area contributed by atoms with Gasteiger partial charge in [-0.2, -0.15) is 11.8 Å². The van der Waals surface area contributed by atoms with Crippen LogP contribution in [0.3, 0.4) is 0 Å². The summed E-state index contributed by atoms with van der Waals surface area (Å²) in [7, 11) is 0. The van der Waals surface area contributed by atoms with E-state index in [1.165, 1.54) is 5.56 Å². The summed E-state index contributed by atoms with van der Waals surface area (Å²) >= 11 is 1.75. The number of rotatable bonds is 6. The average molecular weight is 275 g/mol. The van der Waals surface area contributed by atoms with Crippen LogP contribution in [0.4, 0.5) is 0 Å². The van der Waals surface area contributed by atoms with Gasteiger partial charge in [-0.05, 0) is 24.0 Å². The molecule has 0 aliphatic heterocycles. The molecule has 0 aliphatic carbocycles. The fourth-order valence-corrected chi connectivity index (χ4v) is 2.31. The quantitative estimate of drug-likeness (QED) is 0.850. The molecule has 0 bridgehead atoms. The van der Waals surface area contributed by atoms with Crippen molar-refractivity contribution >= 4 is 17.7 Å². The van der Waals surface area contributed by atoms with E-state index >= 15 is 0 Å². The highest BCUT2D eigenvalue weighted by Crippen LogP contribution is 2.11. The second-order valence-corrected chi connectivity index (χ2v) is 5.04. The van der Waals surface area contributed by atoms with Crippen molar-refractivity contribution in [3.63, 3.8) is 0 Å². The van der Waals surface area contributed by atoms with Crippen LogP contribution >= 0.6 is 11.8 Å². The van der Waals surface area contributed by atoms with Crippen LogP contribution in [0.2, 0.25) is 0 Å².